The summed E-state index contributed by atoms with van der Waals surface area (Å²) >= 11 is 0. The molecule has 1 spiro atoms. The molecule has 0 bridgehead atoms. The lowest BCUT2D eigenvalue weighted by Gasteiger charge is -2.41. The van der Waals surface area contributed by atoms with Crippen molar-refractivity contribution in [3.8, 4) is 11.1 Å². The molecule has 0 aromatic heterocycles. The second-order valence-corrected chi connectivity index (χ2v) is 12.7. The predicted molar refractivity (Wildman–Crippen MR) is 176 cm³/mol. The molecule has 48 heavy (non-hydrogen) atoms. The number of amides is 2. The largest absolute Gasteiger partial charge is 0.392 e. The molecule has 11 nitrogen and oxygen atoms in total. The van der Waals surface area contributed by atoms with Gasteiger partial charge in [-0.1, -0.05) is 72.8 Å². The summed E-state index contributed by atoms with van der Waals surface area (Å²) in [4.78, 5) is 26.0. The normalized spacial score (nSPS) is 22.4. The van der Waals surface area contributed by atoms with Gasteiger partial charge in [0.1, 0.15) is 0 Å². The lowest BCUT2D eigenvalue weighted by Crippen LogP contribution is -2.48. The first kappa shape index (κ1) is 34.2. The molecule has 3 aromatic carbocycles. The van der Waals surface area contributed by atoms with Crippen molar-refractivity contribution in [2.24, 2.45) is 0 Å². The minimum atomic E-state index is -0.555. The van der Waals surface area contributed by atoms with Crippen molar-refractivity contribution >= 4 is 11.8 Å². The molecular weight excluding hydrogens is 614 g/mol. The van der Waals surface area contributed by atoms with Crippen LogP contribution in [0.3, 0.4) is 0 Å². The van der Waals surface area contributed by atoms with Crippen LogP contribution in [-0.2, 0) is 41.7 Å². The molecule has 256 valence electrons. The highest BCUT2D eigenvalue weighted by molar-refractivity contribution is 5.78. The minimum Gasteiger partial charge on any atom is -0.392 e. The summed E-state index contributed by atoms with van der Waals surface area (Å²) in [5, 5.41) is 21.1. The van der Waals surface area contributed by atoms with E-state index in [0.717, 1.165) is 72.3 Å². The highest BCUT2D eigenvalue weighted by Crippen LogP contribution is 2.39. The number of likely N-dealkylation sites (tertiary alicyclic amines) is 1. The highest BCUT2D eigenvalue weighted by Gasteiger charge is 2.41. The van der Waals surface area contributed by atoms with E-state index in [1.54, 1.807) is 5.48 Å². The topological polar surface area (TPSA) is 139 Å². The molecule has 3 atom stereocenters. The molecule has 3 aliphatic heterocycles. The molecular formula is C37H45N3O8. The smallest absolute Gasteiger partial charge is 0.243 e. The van der Waals surface area contributed by atoms with Crippen LogP contribution < -0.4 is 10.8 Å². The Kier molecular flexibility index (Phi) is 11.5. The van der Waals surface area contributed by atoms with Crippen LogP contribution in [-0.4, -0.2) is 71.8 Å². The molecule has 3 aliphatic rings. The first-order valence-corrected chi connectivity index (χ1v) is 16.8. The van der Waals surface area contributed by atoms with Crippen LogP contribution in [0.2, 0.25) is 0 Å². The van der Waals surface area contributed by atoms with Gasteiger partial charge in [-0.25, -0.2) is 5.48 Å². The standard InChI is InChI=1S/C37H45N3O8/c41-25-26-8-10-28(11-9-26)33-22-31(24-40-18-16-37(17-19-40)45-20-21-46-37)47-36(48-33)29-14-12-27(13-15-29)32-5-2-1-4-30(32)23-38-34(42)6-3-7-35(43)39-44/h1-2,4-5,8-15,31,33,36,41,44H,3,6-7,16-25H2,(H,38,42)(H,39,43)/t31-,33+,36+/m0/s1. The van der Waals surface area contributed by atoms with Gasteiger partial charge in [0, 0.05) is 63.8 Å². The van der Waals surface area contributed by atoms with E-state index in [4.69, 9.17) is 24.2 Å². The molecule has 0 unspecified atom stereocenters. The molecule has 11 heteroatoms. The molecule has 4 N–H and O–H groups in total. The maximum Gasteiger partial charge on any atom is 0.243 e. The van der Waals surface area contributed by atoms with Crippen LogP contribution >= 0.6 is 0 Å². The van der Waals surface area contributed by atoms with E-state index in [1.165, 1.54) is 0 Å². The van der Waals surface area contributed by atoms with E-state index < -0.39 is 18.0 Å². The van der Waals surface area contributed by atoms with E-state index in [2.05, 4.69) is 22.3 Å². The van der Waals surface area contributed by atoms with Crippen molar-refractivity contribution in [3.05, 3.63) is 95.1 Å². The van der Waals surface area contributed by atoms with Crippen molar-refractivity contribution in [2.75, 3.05) is 32.8 Å². The van der Waals surface area contributed by atoms with Crippen LogP contribution in [0, 0.1) is 0 Å². The number of hydroxylamine groups is 1. The first-order chi connectivity index (χ1) is 23.4. The van der Waals surface area contributed by atoms with Gasteiger partial charge in [0.2, 0.25) is 11.8 Å². The fraction of sp³-hybridized carbons (Fsp3) is 0.459. The number of nitrogens with zero attached hydrogens (tertiary/aromatic N) is 1. The number of aliphatic hydroxyl groups is 1. The van der Waals surface area contributed by atoms with Crippen molar-refractivity contribution in [1.82, 2.24) is 15.7 Å². The Labute approximate surface area is 281 Å². The second-order valence-electron chi connectivity index (χ2n) is 12.7. The van der Waals surface area contributed by atoms with Gasteiger partial charge in [-0.3, -0.25) is 14.8 Å². The Hall–Kier alpha value is -3.68. The average molecular weight is 660 g/mol. The van der Waals surface area contributed by atoms with E-state index in [-0.39, 0.29) is 37.6 Å². The Bertz CT molecular complexity index is 1500. The van der Waals surface area contributed by atoms with Gasteiger partial charge in [-0.05, 0) is 34.2 Å². The number of nitrogens with one attached hydrogen (secondary N) is 2. The lowest BCUT2D eigenvalue weighted by atomic mass is 9.97. The maximum absolute atomic E-state index is 12.4. The van der Waals surface area contributed by atoms with Crippen molar-refractivity contribution in [3.63, 3.8) is 0 Å². The van der Waals surface area contributed by atoms with Gasteiger partial charge in [0.15, 0.2) is 12.1 Å². The summed E-state index contributed by atoms with van der Waals surface area (Å²) in [7, 11) is 0. The average Bonchev–Trinajstić information content (AvgIpc) is 3.59. The monoisotopic (exact) mass is 659 g/mol. The van der Waals surface area contributed by atoms with E-state index in [1.807, 2.05) is 60.7 Å². The zero-order chi connectivity index (χ0) is 33.3. The van der Waals surface area contributed by atoms with Gasteiger partial charge in [0.25, 0.3) is 0 Å². The van der Waals surface area contributed by atoms with Gasteiger partial charge in [-0.15, -0.1) is 0 Å². The zero-order valence-electron chi connectivity index (χ0n) is 27.1. The van der Waals surface area contributed by atoms with Crippen LogP contribution in [0.4, 0.5) is 0 Å². The van der Waals surface area contributed by atoms with Crippen molar-refractivity contribution in [1.29, 1.82) is 0 Å². The van der Waals surface area contributed by atoms with E-state index in [0.29, 0.717) is 26.2 Å². The second kappa shape index (κ2) is 16.1. The molecule has 0 aliphatic carbocycles. The predicted octanol–water partition coefficient (Wildman–Crippen LogP) is 4.52. The molecule has 3 fully saturated rings. The molecule has 3 saturated heterocycles. The Morgan fingerprint density at radius 3 is 2.25 bits per heavy atom. The number of aliphatic hydroxyl groups excluding tert-OH is 1. The molecule has 0 radical (unpaired) electrons. The number of ether oxygens (including phenoxy) is 4. The number of hydrogen-bond donors (Lipinski definition) is 4. The van der Waals surface area contributed by atoms with Crippen molar-refractivity contribution in [2.45, 2.75) is 76.0 Å². The number of piperidine rings is 1. The summed E-state index contributed by atoms with van der Waals surface area (Å²) in [5.41, 5.74) is 7.40. The summed E-state index contributed by atoms with van der Waals surface area (Å²) in [6, 6.07) is 24.0. The van der Waals surface area contributed by atoms with Crippen LogP contribution in [0.5, 0.6) is 0 Å². The maximum atomic E-state index is 12.4. The SMILES string of the molecule is O=C(CCCC(=O)NCc1ccccc1-c1ccc([C@@H]2O[C@H](CN3CCC4(CC3)OCCO4)C[C@H](c3ccc(CO)cc3)O2)cc1)NO. The quantitative estimate of drug-likeness (QED) is 0.163. The fourth-order valence-electron chi connectivity index (χ4n) is 6.71. The molecule has 6 rings (SSSR count). The minimum absolute atomic E-state index is 0.00258. The van der Waals surface area contributed by atoms with Crippen LogP contribution in [0.15, 0.2) is 72.8 Å². The van der Waals surface area contributed by atoms with E-state index >= 15 is 0 Å². The molecule has 0 saturated carbocycles. The zero-order valence-corrected chi connectivity index (χ0v) is 27.1. The number of rotatable bonds is 12. The molecule has 2 amide bonds. The summed E-state index contributed by atoms with van der Waals surface area (Å²) in [6.45, 7) is 4.23. The Morgan fingerprint density at radius 2 is 1.54 bits per heavy atom. The lowest BCUT2D eigenvalue weighted by molar-refractivity contribution is -0.255. The first-order valence-electron chi connectivity index (χ1n) is 16.8. The van der Waals surface area contributed by atoms with Gasteiger partial charge in [-0.2, -0.15) is 0 Å². The Balaban J connectivity index is 1.13. The molecule has 3 heterocycles. The molecule has 3 aromatic rings. The summed E-state index contributed by atoms with van der Waals surface area (Å²) in [5.74, 6) is -1.08. The fourth-order valence-corrected chi connectivity index (χ4v) is 6.71. The summed E-state index contributed by atoms with van der Waals surface area (Å²) in [6.07, 6.45) is 2.28. The summed E-state index contributed by atoms with van der Waals surface area (Å²) < 4.78 is 25.1. The van der Waals surface area contributed by atoms with Crippen molar-refractivity contribution < 1.29 is 38.9 Å². The third-order valence-electron chi connectivity index (χ3n) is 9.43. The number of benzene rings is 3. The number of carbonyl (C=O) groups is 2. The van der Waals surface area contributed by atoms with Gasteiger partial charge >= 0.3 is 0 Å². The van der Waals surface area contributed by atoms with Crippen LogP contribution in [0.25, 0.3) is 11.1 Å². The van der Waals surface area contributed by atoms with Gasteiger partial charge in [0.05, 0.1) is 32.0 Å². The van der Waals surface area contributed by atoms with Gasteiger partial charge < -0.3 is 34.3 Å². The number of hydrogen-bond acceptors (Lipinski definition) is 9. The highest BCUT2D eigenvalue weighted by atomic mass is 16.7. The third kappa shape index (κ3) is 8.66. The number of carbonyl (C=O) groups excluding carboxylic acids is 2. The third-order valence-corrected chi connectivity index (χ3v) is 9.43. The Morgan fingerprint density at radius 1 is 0.854 bits per heavy atom. The van der Waals surface area contributed by atoms with E-state index in [9.17, 15) is 14.7 Å². The van der Waals surface area contributed by atoms with Crippen LogP contribution in [0.1, 0.15) is 73.2 Å².